The molecule has 24 heavy (non-hydrogen) atoms. The first-order valence-electron chi connectivity index (χ1n) is 7.77. The molecule has 3 rings (SSSR count). The molecule has 0 aliphatic carbocycles. The normalized spacial score (nSPS) is 12.5. The van der Waals surface area contributed by atoms with E-state index in [0.717, 1.165) is 11.1 Å². The summed E-state index contributed by atoms with van der Waals surface area (Å²) in [6.07, 6.45) is 1.87. The predicted octanol–water partition coefficient (Wildman–Crippen LogP) is 6.84. The molecule has 0 aliphatic heterocycles. The van der Waals surface area contributed by atoms with E-state index in [1.54, 1.807) is 12.1 Å². The second-order valence-corrected chi connectivity index (χ2v) is 6.45. The van der Waals surface area contributed by atoms with Gasteiger partial charge in [0, 0.05) is 16.3 Å². The molecule has 3 aromatic carbocycles. The SMILES string of the molecule is CC(N=Cc1ccc(-c2ccccc2)cc1)c1cc(Cl)ccc1Cl. The topological polar surface area (TPSA) is 12.4 Å². The summed E-state index contributed by atoms with van der Waals surface area (Å²) in [5.41, 5.74) is 4.39. The van der Waals surface area contributed by atoms with Gasteiger partial charge in [-0.2, -0.15) is 0 Å². The van der Waals surface area contributed by atoms with Crippen LogP contribution in [0.5, 0.6) is 0 Å². The molecule has 3 aromatic rings. The van der Waals surface area contributed by atoms with Gasteiger partial charge in [0.25, 0.3) is 0 Å². The van der Waals surface area contributed by atoms with E-state index >= 15 is 0 Å². The van der Waals surface area contributed by atoms with Crippen molar-refractivity contribution in [2.45, 2.75) is 13.0 Å². The van der Waals surface area contributed by atoms with E-state index < -0.39 is 0 Å². The Bertz CT molecular complexity index is 839. The number of aliphatic imine (C=N–C) groups is 1. The van der Waals surface area contributed by atoms with Crippen molar-refractivity contribution in [1.29, 1.82) is 0 Å². The molecule has 0 heterocycles. The van der Waals surface area contributed by atoms with E-state index in [1.165, 1.54) is 11.1 Å². The quantitative estimate of drug-likeness (QED) is 0.455. The zero-order valence-corrected chi connectivity index (χ0v) is 14.8. The lowest BCUT2D eigenvalue weighted by atomic mass is 10.0. The van der Waals surface area contributed by atoms with Gasteiger partial charge >= 0.3 is 0 Å². The Hall–Kier alpha value is -2.09. The van der Waals surface area contributed by atoms with Gasteiger partial charge in [0.2, 0.25) is 0 Å². The van der Waals surface area contributed by atoms with Crippen LogP contribution in [0.1, 0.15) is 24.1 Å². The standard InChI is InChI=1S/C21H17Cl2N/c1-15(20-13-19(22)11-12-21(20)23)24-14-16-7-9-18(10-8-16)17-5-3-2-4-6-17/h2-15H,1H3. The van der Waals surface area contributed by atoms with E-state index in [-0.39, 0.29) is 6.04 Å². The molecule has 0 aliphatic rings. The molecule has 120 valence electrons. The lowest BCUT2D eigenvalue weighted by Gasteiger charge is -2.09. The number of hydrogen-bond donors (Lipinski definition) is 0. The number of rotatable bonds is 4. The van der Waals surface area contributed by atoms with Crippen molar-refractivity contribution in [3.8, 4) is 11.1 Å². The van der Waals surface area contributed by atoms with Crippen LogP contribution in [0.3, 0.4) is 0 Å². The van der Waals surface area contributed by atoms with E-state index in [1.807, 2.05) is 37.4 Å². The van der Waals surface area contributed by atoms with Crippen molar-refractivity contribution >= 4 is 29.4 Å². The van der Waals surface area contributed by atoms with Gasteiger partial charge in [0.05, 0.1) is 6.04 Å². The van der Waals surface area contributed by atoms with Crippen LogP contribution < -0.4 is 0 Å². The highest BCUT2D eigenvalue weighted by Gasteiger charge is 2.08. The molecule has 0 aromatic heterocycles. The highest BCUT2D eigenvalue weighted by molar-refractivity contribution is 6.33. The van der Waals surface area contributed by atoms with Crippen LogP contribution in [0.15, 0.2) is 77.8 Å². The summed E-state index contributed by atoms with van der Waals surface area (Å²) in [5, 5.41) is 1.35. The van der Waals surface area contributed by atoms with Crippen molar-refractivity contribution in [2.75, 3.05) is 0 Å². The van der Waals surface area contributed by atoms with Gasteiger partial charge in [-0.25, -0.2) is 0 Å². The maximum absolute atomic E-state index is 6.23. The van der Waals surface area contributed by atoms with Crippen LogP contribution in [0.2, 0.25) is 10.0 Å². The monoisotopic (exact) mass is 353 g/mol. The Morgan fingerprint density at radius 1 is 0.833 bits per heavy atom. The minimum Gasteiger partial charge on any atom is -0.285 e. The third-order valence-corrected chi connectivity index (χ3v) is 4.45. The largest absolute Gasteiger partial charge is 0.285 e. The zero-order chi connectivity index (χ0) is 16.9. The number of hydrogen-bond acceptors (Lipinski definition) is 1. The van der Waals surface area contributed by atoms with Crippen LogP contribution >= 0.6 is 23.2 Å². The molecular weight excluding hydrogens is 337 g/mol. The van der Waals surface area contributed by atoms with Crippen molar-refractivity contribution < 1.29 is 0 Å². The molecule has 0 spiro atoms. The van der Waals surface area contributed by atoms with Crippen LogP contribution in [0, 0.1) is 0 Å². The van der Waals surface area contributed by atoms with Gasteiger partial charge in [-0.15, -0.1) is 0 Å². The number of halogens is 2. The Balaban J connectivity index is 1.76. The highest BCUT2D eigenvalue weighted by atomic mass is 35.5. The predicted molar refractivity (Wildman–Crippen MR) is 104 cm³/mol. The number of nitrogens with zero attached hydrogens (tertiary/aromatic N) is 1. The second kappa shape index (κ2) is 7.65. The third-order valence-electron chi connectivity index (χ3n) is 3.87. The Morgan fingerprint density at radius 2 is 1.50 bits per heavy atom. The summed E-state index contributed by atoms with van der Waals surface area (Å²) in [4.78, 5) is 4.60. The average Bonchev–Trinajstić information content (AvgIpc) is 2.63. The second-order valence-electron chi connectivity index (χ2n) is 5.61. The maximum Gasteiger partial charge on any atom is 0.0736 e. The summed E-state index contributed by atoms with van der Waals surface area (Å²) in [7, 11) is 0. The molecule has 1 unspecified atom stereocenters. The molecule has 1 nitrogen and oxygen atoms in total. The fourth-order valence-corrected chi connectivity index (χ4v) is 2.96. The van der Waals surface area contributed by atoms with Crippen molar-refractivity contribution in [3.63, 3.8) is 0 Å². The lowest BCUT2D eigenvalue weighted by Crippen LogP contribution is -1.93. The maximum atomic E-state index is 6.23. The van der Waals surface area contributed by atoms with Gasteiger partial charge in [-0.1, -0.05) is 77.8 Å². The van der Waals surface area contributed by atoms with E-state index in [0.29, 0.717) is 10.0 Å². The Labute approximate surface area is 152 Å². The summed E-state index contributed by atoms with van der Waals surface area (Å²) < 4.78 is 0. The van der Waals surface area contributed by atoms with E-state index in [9.17, 15) is 0 Å². The van der Waals surface area contributed by atoms with E-state index in [4.69, 9.17) is 23.2 Å². The molecule has 0 N–H and O–H groups in total. The fraction of sp³-hybridized carbons (Fsp3) is 0.0952. The average molecular weight is 354 g/mol. The smallest absolute Gasteiger partial charge is 0.0736 e. The van der Waals surface area contributed by atoms with Crippen LogP contribution in [0.25, 0.3) is 11.1 Å². The van der Waals surface area contributed by atoms with Crippen LogP contribution in [0.4, 0.5) is 0 Å². The molecular formula is C21H17Cl2N. The summed E-state index contributed by atoms with van der Waals surface area (Å²) >= 11 is 12.3. The van der Waals surface area contributed by atoms with Crippen LogP contribution in [-0.4, -0.2) is 6.21 Å². The third kappa shape index (κ3) is 4.05. The summed E-state index contributed by atoms with van der Waals surface area (Å²) in [6, 6.07) is 24.1. The zero-order valence-electron chi connectivity index (χ0n) is 13.3. The van der Waals surface area contributed by atoms with Gasteiger partial charge in [-0.05, 0) is 47.4 Å². The van der Waals surface area contributed by atoms with Gasteiger partial charge < -0.3 is 0 Å². The minimum atomic E-state index is -0.0509. The first-order chi connectivity index (χ1) is 11.6. The van der Waals surface area contributed by atoms with Crippen molar-refractivity contribution in [1.82, 2.24) is 0 Å². The molecule has 3 heteroatoms. The first kappa shape index (κ1) is 16.8. The molecule has 0 bridgehead atoms. The van der Waals surface area contributed by atoms with Gasteiger partial charge in [-0.3, -0.25) is 4.99 Å². The van der Waals surface area contributed by atoms with Gasteiger partial charge in [0.1, 0.15) is 0 Å². The lowest BCUT2D eigenvalue weighted by molar-refractivity contribution is 0.825. The van der Waals surface area contributed by atoms with Crippen LogP contribution in [-0.2, 0) is 0 Å². The minimum absolute atomic E-state index is 0.0509. The van der Waals surface area contributed by atoms with Crippen molar-refractivity contribution in [3.05, 3.63) is 94.0 Å². The highest BCUT2D eigenvalue weighted by Crippen LogP contribution is 2.28. The van der Waals surface area contributed by atoms with Gasteiger partial charge in [0.15, 0.2) is 0 Å². The van der Waals surface area contributed by atoms with E-state index in [2.05, 4.69) is 41.4 Å². The van der Waals surface area contributed by atoms with Crippen molar-refractivity contribution in [2.24, 2.45) is 4.99 Å². The first-order valence-corrected chi connectivity index (χ1v) is 8.53. The summed E-state index contributed by atoms with van der Waals surface area (Å²) in [6.45, 7) is 2.01. The Morgan fingerprint density at radius 3 is 2.21 bits per heavy atom. The Kier molecular flexibility index (Phi) is 5.34. The number of benzene rings is 3. The molecule has 0 saturated carbocycles. The molecule has 0 saturated heterocycles. The fourth-order valence-electron chi connectivity index (χ4n) is 2.51. The molecule has 0 amide bonds. The molecule has 0 fully saturated rings. The summed E-state index contributed by atoms with van der Waals surface area (Å²) in [5.74, 6) is 0. The molecule has 1 atom stereocenters. The molecule has 0 radical (unpaired) electrons.